The van der Waals surface area contributed by atoms with Crippen LogP contribution in [-0.2, 0) is 16.6 Å². The Morgan fingerprint density at radius 1 is 1.30 bits per heavy atom. The number of aliphatic hydroxyl groups excluding tert-OH is 1. The first-order valence-corrected chi connectivity index (χ1v) is 10.5. The van der Waals surface area contributed by atoms with Crippen molar-refractivity contribution in [1.82, 2.24) is 19.3 Å². The van der Waals surface area contributed by atoms with E-state index >= 15 is 0 Å². The molecule has 3 N–H and O–H groups in total. The molecule has 0 radical (unpaired) electrons. The van der Waals surface area contributed by atoms with Crippen molar-refractivity contribution >= 4 is 26.8 Å². The third-order valence-corrected chi connectivity index (χ3v) is 5.92. The van der Waals surface area contributed by atoms with Gasteiger partial charge in [-0.25, -0.2) is 27.6 Å². The monoisotopic (exact) mass is 436 g/mol. The topological polar surface area (TPSA) is 125 Å². The number of sulfonamides is 1. The molecule has 160 valence electrons. The van der Waals surface area contributed by atoms with E-state index in [0.29, 0.717) is 10.6 Å². The zero-order chi connectivity index (χ0) is 21.9. The zero-order valence-electron chi connectivity index (χ0n) is 16.1. The lowest BCUT2D eigenvalue weighted by Crippen LogP contribution is -2.25. The van der Waals surface area contributed by atoms with Gasteiger partial charge < -0.3 is 9.67 Å². The summed E-state index contributed by atoms with van der Waals surface area (Å²) in [6, 6.07) is 7.08. The van der Waals surface area contributed by atoms with Crippen molar-refractivity contribution in [3.63, 3.8) is 0 Å². The van der Waals surface area contributed by atoms with Crippen LogP contribution in [0.4, 0.5) is 4.39 Å². The first kappa shape index (κ1) is 21.8. The van der Waals surface area contributed by atoms with Crippen molar-refractivity contribution in [3.05, 3.63) is 59.8 Å². The van der Waals surface area contributed by atoms with E-state index in [1.165, 1.54) is 30.6 Å². The Bertz CT molecular complexity index is 1160. The largest absolute Gasteiger partial charge is 0.396 e. The molecule has 11 heteroatoms. The standard InChI is InChI=1S/C19H21FN4O5S/c1-23(27)19(26)16-9-15-17(10-21-16)24(11-13-3-5-14(20)6-4-13)12-18(15)30(28,29)22-7-2-8-25/h3-6,9-10,12,22,25,27H,2,7-8,11H2,1H3. The van der Waals surface area contributed by atoms with Gasteiger partial charge in [0.15, 0.2) is 0 Å². The summed E-state index contributed by atoms with van der Waals surface area (Å²) >= 11 is 0. The lowest BCUT2D eigenvalue weighted by Gasteiger charge is -2.09. The number of hydrogen-bond donors (Lipinski definition) is 3. The number of nitrogens with one attached hydrogen (secondary N) is 1. The van der Waals surface area contributed by atoms with E-state index in [4.69, 9.17) is 5.11 Å². The summed E-state index contributed by atoms with van der Waals surface area (Å²) in [5, 5.41) is 18.9. The highest BCUT2D eigenvalue weighted by atomic mass is 32.2. The van der Waals surface area contributed by atoms with Gasteiger partial charge >= 0.3 is 0 Å². The fourth-order valence-electron chi connectivity index (χ4n) is 2.93. The van der Waals surface area contributed by atoms with Crippen LogP contribution >= 0.6 is 0 Å². The fraction of sp³-hybridized carbons (Fsp3) is 0.263. The summed E-state index contributed by atoms with van der Waals surface area (Å²) < 4.78 is 42.9. The molecule has 0 unspecified atom stereocenters. The molecule has 0 atom stereocenters. The number of nitrogens with zero attached hydrogens (tertiary/aromatic N) is 3. The Hall–Kier alpha value is -2.86. The van der Waals surface area contributed by atoms with Gasteiger partial charge in [0.2, 0.25) is 10.0 Å². The number of hydroxylamine groups is 2. The number of pyridine rings is 1. The van der Waals surface area contributed by atoms with E-state index in [9.17, 15) is 22.8 Å². The van der Waals surface area contributed by atoms with E-state index in [1.807, 2.05) is 0 Å². The smallest absolute Gasteiger partial charge is 0.295 e. The lowest BCUT2D eigenvalue weighted by molar-refractivity contribution is -0.0379. The van der Waals surface area contributed by atoms with Gasteiger partial charge in [0.05, 0.1) is 11.7 Å². The van der Waals surface area contributed by atoms with Gasteiger partial charge in [0.25, 0.3) is 5.91 Å². The molecule has 0 bridgehead atoms. The number of fused-ring (bicyclic) bond motifs is 1. The third-order valence-electron chi connectivity index (χ3n) is 4.43. The maximum atomic E-state index is 13.2. The second-order valence-electron chi connectivity index (χ2n) is 6.64. The number of rotatable bonds is 8. The first-order valence-electron chi connectivity index (χ1n) is 9.03. The van der Waals surface area contributed by atoms with Crippen LogP contribution in [0.2, 0.25) is 0 Å². The quantitative estimate of drug-likeness (QED) is 0.278. The third kappa shape index (κ3) is 4.65. The number of halogens is 1. The van der Waals surface area contributed by atoms with Crippen LogP contribution in [0.1, 0.15) is 22.5 Å². The maximum absolute atomic E-state index is 13.2. The summed E-state index contributed by atoms with van der Waals surface area (Å²) in [7, 11) is -2.82. The molecule has 2 heterocycles. The lowest BCUT2D eigenvalue weighted by atomic mass is 10.2. The van der Waals surface area contributed by atoms with Crippen LogP contribution in [0.25, 0.3) is 10.9 Å². The van der Waals surface area contributed by atoms with Crippen LogP contribution in [0.5, 0.6) is 0 Å². The van der Waals surface area contributed by atoms with E-state index in [1.54, 1.807) is 16.7 Å². The van der Waals surface area contributed by atoms with Crippen LogP contribution in [0.3, 0.4) is 0 Å². The highest BCUT2D eigenvalue weighted by molar-refractivity contribution is 7.89. The predicted octanol–water partition coefficient (Wildman–Crippen LogP) is 1.35. The molecule has 0 spiro atoms. The van der Waals surface area contributed by atoms with Gasteiger partial charge in [-0.2, -0.15) is 0 Å². The molecule has 0 saturated heterocycles. The molecule has 3 aromatic rings. The second-order valence-corrected chi connectivity index (χ2v) is 8.37. The minimum atomic E-state index is -3.96. The van der Waals surface area contributed by atoms with E-state index < -0.39 is 15.9 Å². The van der Waals surface area contributed by atoms with Crippen LogP contribution in [0.15, 0.2) is 47.6 Å². The molecule has 0 fully saturated rings. The Kier molecular flexibility index (Phi) is 6.46. The highest BCUT2D eigenvalue weighted by Gasteiger charge is 2.23. The van der Waals surface area contributed by atoms with E-state index in [0.717, 1.165) is 12.6 Å². The Labute approximate surface area is 172 Å². The number of aromatic nitrogens is 2. The molecule has 1 aromatic carbocycles. The van der Waals surface area contributed by atoms with Crippen LogP contribution < -0.4 is 4.72 Å². The second kappa shape index (κ2) is 8.88. The Balaban J connectivity index is 2.10. The molecule has 0 aliphatic heterocycles. The van der Waals surface area contributed by atoms with Gasteiger partial charge in [0.1, 0.15) is 16.4 Å². The average molecular weight is 436 g/mol. The molecular weight excluding hydrogens is 415 g/mol. The van der Waals surface area contributed by atoms with Gasteiger partial charge in [-0.15, -0.1) is 0 Å². The molecule has 0 aliphatic carbocycles. The average Bonchev–Trinajstić information content (AvgIpc) is 3.07. The van der Waals surface area contributed by atoms with Crippen LogP contribution in [0, 0.1) is 5.82 Å². The number of aliphatic hydroxyl groups is 1. The maximum Gasteiger partial charge on any atom is 0.295 e. The van der Waals surface area contributed by atoms with Crippen molar-refractivity contribution in [3.8, 4) is 0 Å². The molecular formula is C19H21FN4O5S. The van der Waals surface area contributed by atoms with Crippen molar-refractivity contribution in [2.45, 2.75) is 17.9 Å². The van der Waals surface area contributed by atoms with E-state index in [-0.39, 0.29) is 47.9 Å². The highest BCUT2D eigenvalue weighted by Crippen LogP contribution is 2.27. The molecule has 9 nitrogen and oxygen atoms in total. The number of hydrogen-bond acceptors (Lipinski definition) is 6. The molecule has 2 aromatic heterocycles. The van der Waals surface area contributed by atoms with Crippen molar-refractivity contribution in [1.29, 1.82) is 0 Å². The summed E-state index contributed by atoms with van der Waals surface area (Å²) in [5.41, 5.74) is 1.05. The number of amides is 1. The van der Waals surface area contributed by atoms with Crippen molar-refractivity contribution < 1.29 is 27.9 Å². The van der Waals surface area contributed by atoms with Crippen molar-refractivity contribution in [2.75, 3.05) is 20.2 Å². The molecule has 0 aliphatic rings. The minimum absolute atomic E-state index is 0.0414. The summed E-state index contributed by atoms with van der Waals surface area (Å²) in [5.74, 6) is -1.18. The molecule has 0 saturated carbocycles. The summed E-state index contributed by atoms with van der Waals surface area (Å²) in [6.45, 7) is 0.123. The molecule has 3 rings (SSSR count). The Morgan fingerprint density at radius 3 is 2.63 bits per heavy atom. The Morgan fingerprint density at radius 2 is 2.00 bits per heavy atom. The van der Waals surface area contributed by atoms with Gasteiger partial charge in [-0.1, -0.05) is 12.1 Å². The van der Waals surface area contributed by atoms with E-state index in [2.05, 4.69) is 9.71 Å². The van der Waals surface area contributed by atoms with Gasteiger partial charge in [-0.3, -0.25) is 10.0 Å². The number of carbonyl (C=O) groups excluding carboxylic acids is 1. The number of carbonyl (C=O) groups is 1. The predicted molar refractivity (Wildman–Crippen MR) is 106 cm³/mol. The SMILES string of the molecule is CN(O)C(=O)c1cc2c(S(=O)(=O)NCCCO)cn(Cc3ccc(F)cc3)c2cn1. The first-order chi connectivity index (χ1) is 14.2. The normalized spacial score (nSPS) is 11.7. The van der Waals surface area contributed by atoms with Crippen molar-refractivity contribution in [2.24, 2.45) is 0 Å². The summed E-state index contributed by atoms with van der Waals surface area (Å²) in [4.78, 5) is 16.0. The minimum Gasteiger partial charge on any atom is -0.396 e. The number of benzene rings is 1. The molecule has 30 heavy (non-hydrogen) atoms. The fourth-order valence-corrected chi connectivity index (χ4v) is 4.22. The van der Waals surface area contributed by atoms with Crippen LogP contribution in [-0.4, -0.2) is 59.5 Å². The molecule has 1 amide bonds. The zero-order valence-corrected chi connectivity index (χ0v) is 16.9. The van der Waals surface area contributed by atoms with Gasteiger partial charge in [0, 0.05) is 38.3 Å². The van der Waals surface area contributed by atoms with Gasteiger partial charge in [-0.05, 0) is 30.2 Å². The summed E-state index contributed by atoms with van der Waals surface area (Å²) in [6.07, 6.45) is 3.00.